The third-order valence-electron chi connectivity index (χ3n) is 8.29. The SMILES string of the molecule is CC[C@@](C)(C(=O)Nc1cc(OC)cc(OC)c1)N(C[C@H]1CCCN2CCCC[C@@H]12)C(=O)c1ccccc1. The topological polar surface area (TPSA) is 71.1 Å². The van der Waals surface area contributed by atoms with Gasteiger partial charge in [0.15, 0.2) is 0 Å². The summed E-state index contributed by atoms with van der Waals surface area (Å²) in [6, 6.07) is 15.1. The summed E-state index contributed by atoms with van der Waals surface area (Å²) in [5.74, 6) is 1.20. The van der Waals surface area contributed by atoms with E-state index in [0.717, 1.165) is 32.4 Å². The van der Waals surface area contributed by atoms with E-state index in [9.17, 15) is 9.59 Å². The Bertz CT molecular complexity index is 1050. The van der Waals surface area contributed by atoms with E-state index in [-0.39, 0.29) is 11.8 Å². The predicted octanol–water partition coefficient (Wildman–Crippen LogP) is 5.22. The number of benzene rings is 2. The fourth-order valence-electron chi connectivity index (χ4n) is 5.89. The summed E-state index contributed by atoms with van der Waals surface area (Å²) in [6.07, 6.45) is 6.33. The number of fused-ring (bicyclic) bond motifs is 1. The van der Waals surface area contributed by atoms with Gasteiger partial charge >= 0.3 is 0 Å². The molecule has 7 nitrogen and oxygen atoms in total. The van der Waals surface area contributed by atoms with Crippen molar-refractivity contribution in [2.75, 3.05) is 39.2 Å². The zero-order valence-corrected chi connectivity index (χ0v) is 22.7. The molecule has 2 fully saturated rings. The molecule has 0 saturated carbocycles. The minimum Gasteiger partial charge on any atom is -0.497 e. The zero-order valence-electron chi connectivity index (χ0n) is 22.7. The van der Waals surface area contributed by atoms with Gasteiger partial charge in [0.25, 0.3) is 5.91 Å². The summed E-state index contributed by atoms with van der Waals surface area (Å²) >= 11 is 0. The highest BCUT2D eigenvalue weighted by Gasteiger charge is 2.44. The summed E-state index contributed by atoms with van der Waals surface area (Å²) in [5, 5.41) is 3.06. The first-order valence-electron chi connectivity index (χ1n) is 13.5. The van der Waals surface area contributed by atoms with Crippen LogP contribution in [0, 0.1) is 5.92 Å². The number of nitrogens with zero attached hydrogens (tertiary/aromatic N) is 2. The third kappa shape index (κ3) is 5.93. The van der Waals surface area contributed by atoms with Crippen LogP contribution in [-0.4, -0.2) is 67.0 Å². The number of hydrogen-bond acceptors (Lipinski definition) is 5. The maximum absolute atomic E-state index is 14.0. The van der Waals surface area contributed by atoms with Crippen LogP contribution in [0.3, 0.4) is 0 Å². The highest BCUT2D eigenvalue weighted by atomic mass is 16.5. The number of amides is 2. The van der Waals surface area contributed by atoms with Crippen molar-refractivity contribution in [2.45, 2.75) is 64.0 Å². The summed E-state index contributed by atoms with van der Waals surface area (Å²) in [4.78, 5) is 32.5. The molecule has 2 heterocycles. The molecule has 4 rings (SSSR count). The molecule has 200 valence electrons. The summed E-state index contributed by atoms with van der Waals surface area (Å²) in [5.41, 5.74) is 0.138. The van der Waals surface area contributed by atoms with Crippen LogP contribution in [0.15, 0.2) is 48.5 Å². The fraction of sp³-hybridized carbons (Fsp3) is 0.533. The monoisotopic (exact) mass is 507 g/mol. The first kappa shape index (κ1) is 27.0. The van der Waals surface area contributed by atoms with Crippen LogP contribution in [0.25, 0.3) is 0 Å². The molecule has 0 bridgehead atoms. The van der Waals surface area contributed by atoms with Crippen LogP contribution in [0.5, 0.6) is 11.5 Å². The van der Waals surface area contributed by atoms with Gasteiger partial charge in [0.2, 0.25) is 5.91 Å². The largest absolute Gasteiger partial charge is 0.497 e. The maximum Gasteiger partial charge on any atom is 0.254 e. The van der Waals surface area contributed by atoms with E-state index in [1.54, 1.807) is 32.4 Å². The van der Waals surface area contributed by atoms with Crippen molar-refractivity contribution in [2.24, 2.45) is 5.92 Å². The van der Waals surface area contributed by atoms with Gasteiger partial charge in [0.05, 0.1) is 14.2 Å². The molecule has 0 aliphatic carbocycles. The zero-order chi connectivity index (χ0) is 26.4. The molecule has 0 unspecified atom stereocenters. The number of carbonyl (C=O) groups is 2. The van der Waals surface area contributed by atoms with Crippen LogP contribution < -0.4 is 14.8 Å². The van der Waals surface area contributed by atoms with E-state index in [1.165, 1.54) is 12.8 Å². The second-order valence-electron chi connectivity index (χ2n) is 10.5. The molecule has 2 aliphatic heterocycles. The van der Waals surface area contributed by atoms with Crippen molar-refractivity contribution in [1.82, 2.24) is 9.80 Å². The summed E-state index contributed by atoms with van der Waals surface area (Å²) < 4.78 is 10.8. The van der Waals surface area contributed by atoms with Crippen LogP contribution in [0.2, 0.25) is 0 Å². The highest BCUT2D eigenvalue weighted by molar-refractivity contribution is 6.03. The number of piperidine rings is 2. The molecule has 2 aromatic rings. The smallest absolute Gasteiger partial charge is 0.254 e. The van der Waals surface area contributed by atoms with E-state index in [4.69, 9.17) is 9.47 Å². The van der Waals surface area contributed by atoms with Crippen molar-refractivity contribution in [3.8, 4) is 11.5 Å². The van der Waals surface area contributed by atoms with Crippen LogP contribution in [0.1, 0.15) is 62.7 Å². The predicted molar refractivity (Wildman–Crippen MR) is 146 cm³/mol. The first-order valence-corrected chi connectivity index (χ1v) is 13.5. The molecule has 2 aromatic carbocycles. The average molecular weight is 508 g/mol. The van der Waals surface area contributed by atoms with Gasteiger partial charge in [-0.2, -0.15) is 0 Å². The van der Waals surface area contributed by atoms with Crippen molar-refractivity contribution in [3.63, 3.8) is 0 Å². The number of carbonyl (C=O) groups excluding carboxylic acids is 2. The van der Waals surface area contributed by atoms with E-state index >= 15 is 0 Å². The van der Waals surface area contributed by atoms with Crippen molar-refractivity contribution < 1.29 is 19.1 Å². The molecule has 0 spiro atoms. The molecule has 2 amide bonds. The Morgan fingerprint density at radius 1 is 1.00 bits per heavy atom. The Balaban J connectivity index is 1.66. The Morgan fingerprint density at radius 2 is 1.68 bits per heavy atom. The minimum absolute atomic E-state index is 0.101. The average Bonchev–Trinajstić information content (AvgIpc) is 2.95. The van der Waals surface area contributed by atoms with Gasteiger partial charge in [0, 0.05) is 42.0 Å². The molecule has 2 saturated heterocycles. The van der Waals surface area contributed by atoms with E-state index < -0.39 is 5.54 Å². The number of nitrogens with one attached hydrogen (secondary N) is 1. The molecule has 2 aliphatic rings. The molecule has 1 N–H and O–H groups in total. The molecule has 37 heavy (non-hydrogen) atoms. The lowest BCUT2D eigenvalue weighted by Gasteiger charge is -2.48. The van der Waals surface area contributed by atoms with Crippen molar-refractivity contribution in [3.05, 3.63) is 54.1 Å². The van der Waals surface area contributed by atoms with Gasteiger partial charge < -0.3 is 24.6 Å². The Morgan fingerprint density at radius 3 is 2.32 bits per heavy atom. The van der Waals surface area contributed by atoms with Gasteiger partial charge in [-0.05, 0) is 70.2 Å². The molecular formula is C30H41N3O4. The Hall–Kier alpha value is -3.06. The molecule has 7 heteroatoms. The second-order valence-corrected chi connectivity index (χ2v) is 10.5. The molecular weight excluding hydrogens is 466 g/mol. The molecule has 3 atom stereocenters. The van der Waals surface area contributed by atoms with E-state index in [0.29, 0.717) is 47.7 Å². The fourth-order valence-corrected chi connectivity index (χ4v) is 5.89. The van der Waals surface area contributed by atoms with E-state index in [2.05, 4.69) is 10.2 Å². The summed E-state index contributed by atoms with van der Waals surface area (Å²) in [6.45, 7) is 6.70. The van der Waals surface area contributed by atoms with Gasteiger partial charge in [0.1, 0.15) is 17.0 Å². The quantitative estimate of drug-likeness (QED) is 0.504. The standard InChI is InChI=1S/C30H41N3O4/c1-5-30(2,29(35)31-24-18-25(36-3)20-26(19-24)37-4)33(28(34)22-12-7-6-8-13-22)21-23-14-11-17-32-16-10-9-15-27(23)32/h6-8,12-13,18-20,23,27H,5,9-11,14-17,21H2,1-4H3,(H,31,35)/t23-,27+,30+/m1/s1. The number of anilines is 1. The maximum atomic E-state index is 14.0. The number of ether oxygens (including phenoxy) is 2. The van der Waals surface area contributed by atoms with Gasteiger partial charge in [-0.15, -0.1) is 0 Å². The third-order valence-corrected chi connectivity index (χ3v) is 8.29. The minimum atomic E-state index is -1.04. The van der Waals surface area contributed by atoms with Gasteiger partial charge in [-0.3, -0.25) is 9.59 Å². The lowest BCUT2D eigenvalue weighted by Crippen LogP contribution is -2.60. The first-order chi connectivity index (χ1) is 17.9. The van der Waals surface area contributed by atoms with Crippen LogP contribution >= 0.6 is 0 Å². The van der Waals surface area contributed by atoms with Crippen LogP contribution in [-0.2, 0) is 4.79 Å². The van der Waals surface area contributed by atoms with Crippen LogP contribution in [0.4, 0.5) is 5.69 Å². The van der Waals surface area contributed by atoms with Crippen molar-refractivity contribution in [1.29, 1.82) is 0 Å². The van der Waals surface area contributed by atoms with Gasteiger partial charge in [-0.1, -0.05) is 31.5 Å². The highest BCUT2D eigenvalue weighted by Crippen LogP contribution is 2.35. The molecule has 0 aromatic heterocycles. The second kappa shape index (κ2) is 12.0. The van der Waals surface area contributed by atoms with Crippen molar-refractivity contribution >= 4 is 17.5 Å². The lowest BCUT2D eigenvalue weighted by atomic mass is 9.81. The number of hydrogen-bond donors (Lipinski definition) is 1. The normalized spacial score (nSPS) is 21.3. The Labute approximate surface area is 221 Å². The summed E-state index contributed by atoms with van der Waals surface area (Å²) in [7, 11) is 3.16. The lowest BCUT2D eigenvalue weighted by molar-refractivity contribution is -0.126. The molecule has 0 radical (unpaired) electrons. The van der Waals surface area contributed by atoms with Gasteiger partial charge in [-0.25, -0.2) is 0 Å². The Kier molecular flexibility index (Phi) is 8.75. The number of rotatable bonds is 9. The number of methoxy groups -OCH3 is 2. The van der Waals surface area contributed by atoms with E-state index in [1.807, 2.05) is 49.1 Å².